The zero-order valence-corrected chi connectivity index (χ0v) is 19.8. The number of allylic oxidation sites excluding steroid dienone is 1. The van der Waals surface area contributed by atoms with Crippen molar-refractivity contribution in [3.05, 3.63) is 70.6 Å². The van der Waals surface area contributed by atoms with Crippen LogP contribution in [0.1, 0.15) is 73.3 Å². The molecule has 4 nitrogen and oxygen atoms in total. The van der Waals surface area contributed by atoms with E-state index in [4.69, 9.17) is 0 Å². The third kappa shape index (κ3) is 4.90. The van der Waals surface area contributed by atoms with E-state index in [0.717, 1.165) is 37.9 Å². The van der Waals surface area contributed by atoms with Crippen molar-refractivity contribution in [1.29, 1.82) is 0 Å². The number of aryl methyl sites for hydroxylation is 1. The van der Waals surface area contributed by atoms with Crippen LogP contribution in [0.15, 0.2) is 42.6 Å². The second-order valence-electron chi connectivity index (χ2n) is 8.42. The number of rotatable bonds is 4. The summed E-state index contributed by atoms with van der Waals surface area (Å²) in [4.78, 5) is 19.0. The minimum absolute atomic E-state index is 0.00486. The number of amides is 1. The molecule has 1 aliphatic carbocycles. The maximum absolute atomic E-state index is 12.6. The molecule has 1 spiro atoms. The predicted molar refractivity (Wildman–Crippen MR) is 129 cm³/mol. The molecule has 2 aromatic rings. The van der Waals surface area contributed by atoms with Gasteiger partial charge in [-0.25, -0.2) is 0 Å². The first-order valence-corrected chi connectivity index (χ1v) is 11.8. The second kappa shape index (κ2) is 10.2. The Morgan fingerprint density at radius 1 is 1.10 bits per heavy atom. The molecule has 166 valence electrons. The summed E-state index contributed by atoms with van der Waals surface area (Å²) in [5.74, 6) is 0.00486. The number of nitrogens with zero attached hydrogens (tertiary/aromatic N) is 2. The molecule has 31 heavy (non-hydrogen) atoms. The number of nitrogens with one attached hydrogen (secondary N) is 1. The van der Waals surface area contributed by atoms with E-state index in [1.54, 1.807) is 0 Å². The number of fused-ring (bicyclic) bond motifs is 1. The Labute approximate surface area is 187 Å². The molecule has 1 fully saturated rings. The zero-order valence-electron chi connectivity index (χ0n) is 19.8. The molecule has 0 saturated carbocycles. The van der Waals surface area contributed by atoms with Crippen molar-refractivity contribution in [2.24, 2.45) is 5.41 Å². The van der Waals surface area contributed by atoms with Crippen molar-refractivity contribution in [3.8, 4) is 0 Å². The topological polar surface area (TPSA) is 45.2 Å². The highest BCUT2D eigenvalue weighted by atomic mass is 16.2. The fraction of sp³-hybridized carbons (Fsp3) is 0.481. The SMILES string of the molecule is CC.CCN(CC)C(=O)c1ccc(C2=CC3(CCNCC3)Cc3ccc(C)cc32)cn1. The summed E-state index contributed by atoms with van der Waals surface area (Å²) in [5, 5.41) is 3.50. The molecule has 2 heterocycles. The summed E-state index contributed by atoms with van der Waals surface area (Å²) in [6.07, 6.45) is 7.82. The summed E-state index contributed by atoms with van der Waals surface area (Å²) in [6, 6.07) is 10.8. The van der Waals surface area contributed by atoms with Crippen molar-refractivity contribution < 1.29 is 4.79 Å². The molecule has 1 amide bonds. The molecule has 2 aliphatic rings. The minimum Gasteiger partial charge on any atom is -0.338 e. The maximum atomic E-state index is 12.6. The van der Waals surface area contributed by atoms with Crippen molar-refractivity contribution in [3.63, 3.8) is 0 Å². The van der Waals surface area contributed by atoms with E-state index in [2.05, 4.69) is 47.6 Å². The van der Waals surface area contributed by atoms with Crippen LogP contribution < -0.4 is 5.32 Å². The molecule has 1 aromatic carbocycles. The average Bonchev–Trinajstić information content (AvgIpc) is 2.82. The van der Waals surface area contributed by atoms with E-state index in [0.29, 0.717) is 18.8 Å². The van der Waals surface area contributed by atoms with Crippen molar-refractivity contribution >= 4 is 11.5 Å². The number of pyridine rings is 1. The fourth-order valence-corrected chi connectivity index (χ4v) is 4.75. The van der Waals surface area contributed by atoms with Gasteiger partial charge >= 0.3 is 0 Å². The van der Waals surface area contributed by atoms with Crippen LogP contribution in [0.4, 0.5) is 0 Å². The summed E-state index contributed by atoms with van der Waals surface area (Å²) in [6.45, 7) is 13.7. The number of piperidine rings is 1. The van der Waals surface area contributed by atoms with Gasteiger partial charge in [-0.1, -0.05) is 49.8 Å². The molecule has 1 N–H and O–H groups in total. The van der Waals surface area contributed by atoms with Crippen molar-refractivity contribution in [2.75, 3.05) is 26.2 Å². The highest BCUT2D eigenvalue weighted by Gasteiger charge is 2.35. The summed E-state index contributed by atoms with van der Waals surface area (Å²) < 4.78 is 0. The van der Waals surface area contributed by atoms with Gasteiger partial charge in [0.15, 0.2) is 0 Å². The van der Waals surface area contributed by atoms with Gasteiger partial charge in [-0.15, -0.1) is 0 Å². The largest absolute Gasteiger partial charge is 0.338 e. The predicted octanol–water partition coefficient (Wildman–Crippen LogP) is 5.26. The molecule has 4 heteroatoms. The van der Waals surface area contributed by atoms with Gasteiger partial charge in [-0.3, -0.25) is 9.78 Å². The third-order valence-electron chi connectivity index (χ3n) is 6.49. The lowest BCUT2D eigenvalue weighted by molar-refractivity contribution is 0.0767. The van der Waals surface area contributed by atoms with Crippen molar-refractivity contribution in [2.45, 2.75) is 53.9 Å². The molecule has 4 rings (SSSR count). The van der Waals surface area contributed by atoms with Crippen LogP contribution in [0.5, 0.6) is 0 Å². The Bertz CT molecular complexity index is 920. The van der Waals surface area contributed by atoms with Gasteiger partial charge in [0.25, 0.3) is 5.91 Å². The smallest absolute Gasteiger partial charge is 0.272 e. The Morgan fingerprint density at radius 3 is 2.42 bits per heavy atom. The molecule has 0 atom stereocenters. The van der Waals surface area contributed by atoms with Crippen molar-refractivity contribution in [1.82, 2.24) is 15.2 Å². The van der Waals surface area contributed by atoms with E-state index in [9.17, 15) is 4.79 Å². The highest BCUT2D eigenvalue weighted by Crippen LogP contribution is 2.44. The van der Waals surface area contributed by atoms with Gasteiger partial charge in [0.2, 0.25) is 0 Å². The van der Waals surface area contributed by atoms with Crippen LogP contribution in [0, 0.1) is 12.3 Å². The fourth-order valence-electron chi connectivity index (χ4n) is 4.75. The van der Waals surface area contributed by atoms with Gasteiger partial charge in [-0.05, 0) is 81.3 Å². The Hall–Kier alpha value is -2.46. The van der Waals surface area contributed by atoms with Gasteiger partial charge in [0.05, 0.1) is 0 Å². The molecule has 0 radical (unpaired) electrons. The van der Waals surface area contributed by atoms with Crippen LogP contribution in [0.2, 0.25) is 0 Å². The molecule has 1 aromatic heterocycles. The quantitative estimate of drug-likeness (QED) is 0.736. The Morgan fingerprint density at radius 2 is 1.81 bits per heavy atom. The Kier molecular flexibility index (Phi) is 7.66. The van der Waals surface area contributed by atoms with Crippen LogP contribution in [0.3, 0.4) is 0 Å². The van der Waals surface area contributed by atoms with Gasteiger partial charge in [0.1, 0.15) is 5.69 Å². The normalized spacial score (nSPS) is 16.6. The van der Waals surface area contributed by atoms with E-state index in [1.807, 2.05) is 44.9 Å². The van der Waals surface area contributed by atoms with Gasteiger partial charge < -0.3 is 10.2 Å². The molecule has 1 aliphatic heterocycles. The minimum atomic E-state index is 0.00486. The third-order valence-corrected chi connectivity index (χ3v) is 6.49. The molecule has 0 bridgehead atoms. The van der Waals surface area contributed by atoms with E-state index in [1.165, 1.54) is 22.3 Å². The Balaban J connectivity index is 0.00000132. The van der Waals surface area contributed by atoms with Crippen LogP contribution in [-0.2, 0) is 6.42 Å². The highest BCUT2D eigenvalue weighted by molar-refractivity contribution is 5.93. The lowest BCUT2D eigenvalue weighted by Gasteiger charge is -2.40. The van der Waals surface area contributed by atoms with E-state index >= 15 is 0 Å². The first kappa shape index (κ1) is 23.2. The van der Waals surface area contributed by atoms with Gasteiger partial charge in [0, 0.05) is 24.8 Å². The van der Waals surface area contributed by atoms with Crippen LogP contribution >= 0.6 is 0 Å². The lowest BCUT2D eigenvalue weighted by atomic mass is 9.67. The summed E-state index contributed by atoms with van der Waals surface area (Å²) in [7, 11) is 0. The number of carbonyl (C=O) groups excluding carboxylic acids is 1. The molecular weight excluding hydrogens is 382 g/mol. The number of hydrogen-bond donors (Lipinski definition) is 1. The maximum Gasteiger partial charge on any atom is 0.272 e. The molecule has 0 unspecified atom stereocenters. The first-order chi connectivity index (χ1) is 15.0. The lowest BCUT2D eigenvalue weighted by Crippen LogP contribution is -2.38. The molecule has 1 saturated heterocycles. The monoisotopic (exact) mass is 419 g/mol. The average molecular weight is 420 g/mol. The zero-order chi connectivity index (χ0) is 22.4. The van der Waals surface area contributed by atoms with Crippen LogP contribution in [-0.4, -0.2) is 42.0 Å². The molecular formula is C27H37N3O. The number of aromatic nitrogens is 1. The van der Waals surface area contributed by atoms with E-state index < -0.39 is 0 Å². The number of carbonyl (C=O) groups is 1. The first-order valence-electron chi connectivity index (χ1n) is 11.8. The van der Waals surface area contributed by atoms with Gasteiger partial charge in [-0.2, -0.15) is 0 Å². The number of benzene rings is 1. The standard InChI is InChI=1S/C25H31N3O.C2H6/c1-4-28(5-2)24(29)23-9-8-20(17-27-23)22-16-25(10-12-26-13-11-25)15-19-7-6-18(3)14-21(19)22;1-2/h6-9,14,16-17,26H,4-5,10-13,15H2,1-3H3;1-2H3. The summed E-state index contributed by atoms with van der Waals surface area (Å²) in [5.41, 5.74) is 7.14. The van der Waals surface area contributed by atoms with Crippen LogP contribution in [0.25, 0.3) is 5.57 Å². The van der Waals surface area contributed by atoms with E-state index in [-0.39, 0.29) is 11.3 Å². The summed E-state index contributed by atoms with van der Waals surface area (Å²) >= 11 is 0. The number of hydrogen-bond acceptors (Lipinski definition) is 3. The second-order valence-corrected chi connectivity index (χ2v) is 8.42.